The number of hydrogen-bond donors (Lipinski definition) is 1. The Balaban J connectivity index is 2.44. The van der Waals surface area contributed by atoms with Gasteiger partial charge in [0.2, 0.25) is 0 Å². The van der Waals surface area contributed by atoms with E-state index >= 15 is 0 Å². The fraction of sp³-hybridized carbons (Fsp3) is 1.00. The van der Waals surface area contributed by atoms with Crippen LogP contribution in [-0.2, 0) is 0 Å². The Morgan fingerprint density at radius 1 is 1.00 bits per heavy atom. The quantitative estimate of drug-likeness (QED) is 0.627. The van der Waals surface area contributed by atoms with Crippen molar-refractivity contribution in [3.05, 3.63) is 0 Å². The molecule has 1 N–H and O–H groups in total. The molecule has 2 nitrogen and oxygen atoms in total. The molecule has 0 aromatic rings. The number of quaternary nitrogens is 1. The number of piperazine rings is 1. The van der Waals surface area contributed by atoms with Crippen molar-refractivity contribution in [3.63, 3.8) is 0 Å². The highest BCUT2D eigenvalue weighted by Crippen LogP contribution is 2.11. The second kappa shape index (κ2) is 4.83. The highest BCUT2D eigenvalue weighted by atomic mass is 15.4. The van der Waals surface area contributed by atoms with Gasteiger partial charge in [0.1, 0.15) is 0 Å². The normalized spacial score (nSPS) is 22.5. The molecule has 0 aromatic carbocycles. The molecule has 0 spiro atoms. The van der Waals surface area contributed by atoms with Gasteiger partial charge in [-0.2, -0.15) is 0 Å². The van der Waals surface area contributed by atoms with E-state index in [-0.39, 0.29) is 0 Å². The Morgan fingerprint density at radius 3 is 1.92 bits per heavy atom. The minimum atomic E-state index is 1.22. The first kappa shape index (κ1) is 10.0. The standard InChI is InChI=1S/C10H23N2/c1-3-7-12(8-4-2)9-5-11-6-10-12/h11H,3-10H2,1-2H3/q+1. The molecule has 0 unspecified atom stereocenters. The molecule has 1 fully saturated rings. The molecule has 1 rings (SSSR count). The van der Waals surface area contributed by atoms with Gasteiger partial charge in [-0.1, -0.05) is 13.8 Å². The van der Waals surface area contributed by atoms with Crippen molar-refractivity contribution >= 4 is 0 Å². The highest BCUT2D eigenvalue weighted by molar-refractivity contribution is 4.57. The van der Waals surface area contributed by atoms with Crippen molar-refractivity contribution in [2.45, 2.75) is 26.7 Å². The Kier molecular flexibility index (Phi) is 4.02. The minimum absolute atomic E-state index is 1.22. The van der Waals surface area contributed by atoms with Crippen molar-refractivity contribution in [3.8, 4) is 0 Å². The van der Waals surface area contributed by atoms with Crippen LogP contribution in [0.2, 0.25) is 0 Å². The number of nitrogens with zero attached hydrogens (tertiary/aromatic N) is 1. The lowest BCUT2D eigenvalue weighted by Gasteiger charge is -2.41. The summed E-state index contributed by atoms with van der Waals surface area (Å²) in [6, 6.07) is 0. The van der Waals surface area contributed by atoms with Crippen molar-refractivity contribution in [1.29, 1.82) is 0 Å². The number of nitrogens with one attached hydrogen (secondary N) is 1. The van der Waals surface area contributed by atoms with Gasteiger partial charge in [-0.15, -0.1) is 0 Å². The maximum atomic E-state index is 3.44. The van der Waals surface area contributed by atoms with E-state index in [1.54, 1.807) is 0 Å². The Morgan fingerprint density at radius 2 is 1.50 bits per heavy atom. The zero-order valence-electron chi connectivity index (χ0n) is 8.60. The van der Waals surface area contributed by atoms with Crippen LogP contribution in [0.5, 0.6) is 0 Å². The molecule has 1 aliphatic heterocycles. The molecule has 0 amide bonds. The smallest absolute Gasteiger partial charge is 0.0913 e. The van der Waals surface area contributed by atoms with E-state index in [9.17, 15) is 0 Å². The lowest BCUT2D eigenvalue weighted by atomic mass is 10.2. The van der Waals surface area contributed by atoms with Gasteiger partial charge >= 0.3 is 0 Å². The molecule has 0 aliphatic carbocycles. The van der Waals surface area contributed by atoms with Crippen molar-refractivity contribution in [2.75, 3.05) is 39.3 Å². The SMILES string of the molecule is CCC[N+]1(CCC)CCNCC1. The molecule has 1 aliphatic rings. The zero-order chi connectivity index (χ0) is 8.86. The predicted molar refractivity (Wildman–Crippen MR) is 53.2 cm³/mol. The fourth-order valence-corrected chi connectivity index (χ4v) is 2.38. The molecule has 0 bridgehead atoms. The summed E-state index contributed by atoms with van der Waals surface area (Å²) in [5, 5.41) is 3.44. The third-order valence-corrected chi connectivity index (χ3v) is 2.92. The van der Waals surface area contributed by atoms with Crippen LogP contribution in [0.25, 0.3) is 0 Å². The lowest BCUT2D eigenvalue weighted by Crippen LogP contribution is -2.59. The van der Waals surface area contributed by atoms with Gasteiger partial charge in [0.05, 0.1) is 26.2 Å². The maximum Gasteiger partial charge on any atom is 0.0913 e. The summed E-state index contributed by atoms with van der Waals surface area (Å²) in [5.74, 6) is 0. The monoisotopic (exact) mass is 171 g/mol. The molecule has 1 heterocycles. The first-order chi connectivity index (χ1) is 5.83. The first-order valence-electron chi connectivity index (χ1n) is 5.39. The largest absolute Gasteiger partial charge is 0.322 e. The third-order valence-electron chi connectivity index (χ3n) is 2.92. The summed E-state index contributed by atoms with van der Waals surface area (Å²) in [6.07, 6.45) is 2.67. The summed E-state index contributed by atoms with van der Waals surface area (Å²) >= 11 is 0. The van der Waals surface area contributed by atoms with Crippen LogP contribution in [0.4, 0.5) is 0 Å². The third kappa shape index (κ3) is 2.46. The second-order valence-electron chi connectivity index (χ2n) is 3.99. The molecular formula is C10H23N2+. The lowest BCUT2D eigenvalue weighted by molar-refractivity contribution is -0.929. The number of hydrogen-bond acceptors (Lipinski definition) is 1. The molecule has 0 saturated carbocycles. The van der Waals surface area contributed by atoms with Crippen LogP contribution in [0.15, 0.2) is 0 Å². The Labute approximate surface area is 76.5 Å². The summed E-state index contributed by atoms with van der Waals surface area (Å²) in [6.45, 7) is 12.5. The molecular weight excluding hydrogens is 148 g/mol. The Hall–Kier alpha value is -0.0800. The maximum absolute atomic E-state index is 3.44. The average molecular weight is 171 g/mol. The van der Waals surface area contributed by atoms with Crippen molar-refractivity contribution in [1.82, 2.24) is 5.32 Å². The molecule has 0 radical (unpaired) electrons. The van der Waals surface area contributed by atoms with Crippen LogP contribution >= 0.6 is 0 Å². The molecule has 12 heavy (non-hydrogen) atoms. The van der Waals surface area contributed by atoms with Gasteiger partial charge in [-0.25, -0.2) is 0 Å². The van der Waals surface area contributed by atoms with Gasteiger partial charge in [0, 0.05) is 13.1 Å². The average Bonchev–Trinajstić information content (AvgIpc) is 2.07. The summed E-state index contributed by atoms with van der Waals surface area (Å²) < 4.78 is 1.38. The van der Waals surface area contributed by atoms with Gasteiger partial charge in [-0.05, 0) is 12.8 Å². The molecule has 2 heteroatoms. The Bertz CT molecular complexity index is 101. The topological polar surface area (TPSA) is 12.0 Å². The van der Waals surface area contributed by atoms with E-state index in [0.717, 1.165) is 0 Å². The molecule has 0 aromatic heterocycles. The van der Waals surface area contributed by atoms with Gasteiger partial charge in [-0.3, -0.25) is 0 Å². The zero-order valence-corrected chi connectivity index (χ0v) is 8.60. The second-order valence-corrected chi connectivity index (χ2v) is 3.99. The predicted octanol–water partition coefficient (Wildman–Crippen LogP) is 1.23. The summed E-state index contributed by atoms with van der Waals surface area (Å²) in [7, 11) is 0. The van der Waals surface area contributed by atoms with E-state index in [0.29, 0.717) is 0 Å². The van der Waals surface area contributed by atoms with Crippen molar-refractivity contribution < 1.29 is 4.48 Å². The van der Waals surface area contributed by atoms with E-state index in [1.165, 1.54) is 56.6 Å². The van der Waals surface area contributed by atoms with Gasteiger partial charge in [0.25, 0.3) is 0 Å². The fourth-order valence-electron chi connectivity index (χ4n) is 2.38. The van der Waals surface area contributed by atoms with Crippen LogP contribution in [0.1, 0.15) is 26.7 Å². The van der Waals surface area contributed by atoms with Crippen LogP contribution in [0, 0.1) is 0 Å². The number of rotatable bonds is 4. The summed E-state index contributed by atoms with van der Waals surface area (Å²) in [4.78, 5) is 0. The minimum Gasteiger partial charge on any atom is -0.322 e. The van der Waals surface area contributed by atoms with E-state index in [2.05, 4.69) is 19.2 Å². The summed E-state index contributed by atoms with van der Waals surface area (Å²) in [5.41, 5.74) is 0. The van der Waals surface area contributed by atoms with Crippen molar-refractivity contribution in [2.24, 2.45) is 0 Å². The van der Waals surface area contributed by atoms with Gasteiger partial charge < -0.3 is 9.80 Å². The van der Waals surface area contributed by atoms with E-state index in [4.69, 9.17) is 0 Å². The molecule has 0 atom stereocenters. The highest BCUT2D eigenvalue weighted by Gasteiger charge is 2.27. The van der Waals surface area contributed by atoms with E-state index < -0.39 is 0 Å². The van der Waals surface area contributed by atoms with Crippen LogP contribution < -0.4 is 5.32 Å². The first-order valence-corrected chi connectivity index (χ1v) is 5.39. The van der Waals surface area contributed by atoms with E-state index in [1.807, 2.05) is 0 Å². The van der Waals surface area contributed by atoms with Crippen LogP contribution in [-0.4, -0.2) is 43.8 Å². The molecule has 72 valence electrons. The molecule has 1 saturated heterocycles. The van der Waals surface area contributed by atoms with Gasteiger partial charge in [0.15, 0.2) is 0 Å². The van der Waals surface area contributed by atoms with Crippen LogP contribution in [0.3, 0.4) is 0 Å².